The van der Waals surface area contributed by atoms with Crippen molar-refractivity contribution in [3.05, 3.63) is 16.9 Å². The lowest BCUT2D eigenvalue weighted by molar-refractivity contribution is 0.321. The van der Waals surface area contributed by atoms with Crippen molar-refractivity contribution in [1.82, 2.24) is 9.78 Å². The summed E-state index contributed by atoms with van der Waals surface area (Å²) < 4.78 is 1.98. The maximum absolute atomic E-state index is 6.34. The minimum atomic E-state index is 0.0310. The fourth-order valence-electron chi connectivity index (χ4n) is 3.16. The normalized spacial score (nSPS) is 18.7. The molecule has 1 heterocycles. The zero-order valence-corrected chi connectivity index (χ0v) is 12.7. The van der Waals surface area contributed by atoms with Crippen molar-refractivity contribution in [3.63, 3.8) is 0 Å². The molecule has 0 radical (unpaired) electrons. The number of hydrogen-bond donors (Lipinski definition) is 1. The molecule has 2 N–H and O–H groups in total. The number of aryl methyl sites for hydroxylation is 1. The second-order valence-corrected chi connectivity index (χ2v) is 6.20. The molecule has 1 aromatic rings. The van der Waals surface area contributed by atoms with Crippen LogP contribution in [0.15, 0.2) is 6.20 Å². The third-order valence-corrected chi connectivity index (χ3v) is 4.52. The van der Waals surface area contributed by atoms with E-state index in [0.29, 0.717) is 0 Å². The molecule has 1 aliphatic rings. The first-order chi connectivity index (χ1) is 9.22. The van der Waals surface area contributed by atoms with E-state index in [-0.39, 0.29) is 6.04 Å². The number of nitrogens with zero attached hydrogens (tertiary/aromatic N) is 2. The van der Waals surface area contributed by atoms with Gasteiger partial charge in [0.15, 0.2) is 0 Å². The summed E-state index contributed by atoms with van der Waals surface area (Å²) in [5, 5.41) is 5.05. The lowest BCUT2D eigenvalue weighted by Crippen LogP contribution is -2.18. The molecule has 0 bridgehead atoms. The standard InChI is InChI=1S/C15H26ClN3/c1-2-10-19-15(13(16)11-18-19)14(17)9-8-12-6-4-3-5-7-12/h11-12,14H,2-10,17H2,1H3. The van der Waals surface area contributed by atoms with Crippen LogP contribution in [-0.4, -0.2) is 9.78 Å². The molecule has 19 heavy (non-hydrogen) atoms. The predicted octanol–water partition coefficient (Wildman–Crippen LogP) is 4.31. The average Bonchev–Trinajstić information content (AvgIpc) is 2.79. The molecule has 3 nitrogen and oxygen atoms in total. The van der Waals surface area contributed by atoms with Crippen LogP contribution in [0.25, 0.3) is 0 Å². The number of rotatable bonds is 6. The van der Waals surface area contributed by atoms with Crippen LogP contribution in [0.4, 0.5) is 0 Å². The van der Waals surface area contributed by atoms with Crippen LogP contribution in [0.2, 0.25) is 5.02 Å². The fourth-order valence-corrected chi connectivity index (χ4v) is 3.44. The van der Waals surface area contributed by atoms with E-state index in [2.05, 4.69) is 12.0 Å². The maximum Gasteiger partial charge on any atom is 0.0834 e. The number of hydrogen-bond acceptors (Lipinski definition) is 2. The Hall–Kier alpha value is -0.540. The third kappa shape index (κ3) is 3.96. The molecular weight excluding hydrogens is 258 g/mol. The van der Waals surface area contributed by atoms with Gasteiger partial charge in [-0.25, -0.2) is 0 Å². The molecule has 0 aromatic carbocycles. The minimum absolute atomic E-state index is 0.0310. The van der Waals surface area contributed by atoms with E-state index in [9.17, 15) is 0 Å². The summed E-state index contributed by atoms with van der Waals surface area (Å²) in [7, 11) is 0. The number of aromatic nitrogens is 2. The highest BCUT2D eigenvalue weighted by atomic mass is 35.5. The molecule has 1 unspecified atom stereocenters. The van der Waals surface area contributed by atoms with Gasteiger partial charge in [-0.1, -0.05) is 50.6 Å². The van der Waals surface area contributed by atoms with Crippen LogP contribution in [-0.2, 0) is 6.54 Å². The van der Waals surface area contributed by atoms with Crippen LogP contribution in [0.1, 0.15) is 70.0 Å². The molecule has 1 aliphatic carbocycles. The molecule has 0 aliphatic heterocycles. The summed E-state index contributed by atoms with van der Waals surface area (Å²) in [6.07, 6.45) is 12.0. The van der Waals surface area contributed by atoms with Crippen LogP contribution in [0, 0.1) is 5.92 Å². The highest BCUT2D eigenvalue weighted by Gasteiger charge is 2.19. The van der Waals surface area contributed by atoms with Gasteiger partial charge in [0.25, 0.3) is 0 Å². The molecule has 0 amide bonds. The summed E-state index contributed by atoms with van der Waals surface area (Å²) in [6, 6.07) is 0.0310. The van der Waals surface area contributed by atoms with Crippen molar-refractivity contribution < 1.29 is 0 Å². The van der Waals surface area contributed by atoms with Gasteiger partial charge in [-0.2, -0.15) is 5.10 Å². The summed E-state index contributed by atoms with van der Waals surface area (Å²) in [4.78, 5) is 0. The van der Waals surface area contributed by atoms with Crippen LogP contribution >= 0.6 is 11.6 Å². The molecule has 1 saturated carbocycles. The van der Waals surface area contributed by atoms with Gasteiger partial charge >= 0.3 is 0 Å². The Morgan fingerprint density at radius 2 is 2.16 bits per heavy atom. The van der Waals surface area contributed by atoms with Gasteiger partial charge in [0, 0.05) is 12.6 Å². The topological polar surface area (TPSA) is 43.8 Å². The van der Waals surface area contributed by atoms with E-state index in [4.69, 9.17) is 17.3 Å². The summed E-state index contributed by atoms with van der Waals surface area (Å²) in [5.41, 5.74) is 7.37. The highest BCUT2D eigenvalue weighted by Crippen LogP contribution is 2.31. The smallest absolute Gasteiger partial charge is 0.0834 e. The lowest BCUT2D eigenvalue weighted by Gasteiger charge is -2.23. The Labute approximate surface area is 121 Å². The van der Waals surface area contributed by atoms with Gasteiger partial charge in [-0.15, -0.1) is 0 Å². The van der Waals surface area contributed by atoms with E-state index in [1.807, 2.05) is 4.68 Å². The van der Waals surface area contributed by atoms with Crippen LogP contribution in [0.3, 0.4) is 0 Å². The second kappa shape index (κ2) is 7.30. The molecule has 0 saturated heterocycles. The molecule has 1 aromatic heterocycles. The van der Waals surface area contributed by atoms with E-state index in [0.717, 1.165) is 36.0 Å². The monoisotopic (exact) mass is 283 g/mol. The van der Waals surface area contributed by atoms with Crippen molar-refractivity contribution in [2.75, 3.05) is 0 Å². The summed E-state index contributed by atoms with van der Waals surface area (Å²) in [5.74, 6) is 0.876. The van der Waals surface area contributed by atoms with Crippen molar-refractivity contribution in [2.24, 2.45) is 11.7 Å². The average molecular weight is 284 g/mol. The summed E-state index contributed by atoms with van der Waals surface area (Å²) in [6.45, 7) is 3.05. The fraction of sp³-hybridized carbons (Fsp3) is 0.800. The van der Waals surface area contributed by atoms with Gasteiger partial charge in [0.1, 0.15) is 0 Å². The van der Waals surface area contributed by atoms with Crippen molar-refractivity contribution in [3.8, 4) is 0 Å². The zero-order chi connectivity index (χ0) is 13.7. The Kier molecular flexibility index (Phi) is 5.71. The quantitative estimate of drug-likeness (QED) is 0.845. The largest absolute Gasteiger partial charge is 0.323 e. The van der Waals surface area contributed by atoms with Crippen molar-refractivity contribution >= 4 is 11.6 Å². The Morgan fingerprint density at radius 3 is 2.84 bits per heavy atom. The van der Waals surface area contributed by atoms with Gasteiger partial charge in [-0.3, -0.25) is 4.68 Å². The number of nitrogens with two attached hydrogens (primary N) is 1. The molecule has 2 rings (SSSR count). The SMILES string of the molecule is CCCn1ncc(Cl)c1C(N)CCC1CCCCC1. The van der Waals surface area contributed by atoms with Gasteiger partial charge in [0.2, 0.25) is 0 Å². The van der Waals surface area contributed by atoms with E-state index in [1.54, 1.807) is 6.20 Å². The van der Waals surface area contributed by atoms with Crippen molar-refractivity contribution in [2.45, 2.75) is 70.9 Å². The highest BCUT2D eigenvalue weighted by molar-refractivity contribution is 6.31. The molecule has 1 atom stereocenters. The van der Waals surface area contributed by atoms with Crippen molar-refractivity contribution in [1.29, 1.82) is 0 Å². The first-order valence-electron chi connectivity index (χ1n) is 7.69. The van der Waals surface area contributed by atoms with E-state index in [1.165, 1.54) is 38.5 Å². The van der Waals surface area contributed by atoms with Gasteiger partial charge < -0.3 is 5.73 Å². The predicted molar refractivity (Wildman–Crippen MR) is 80.3 cm³/mol. The lowest BCUT2D eigenvalue weighted by atomic mass is 9.85. The Morgan fingerprint density at radius 1 is 1.42 bits per heavy atom. The first kappa shape index (κ1) is 14.9. The Balaban J connectivity index is 1.91. The first-order valence-corrected chi connectivity index (χ1v) is 8.07. The molecule has 4 heteroatoms. The molecule has 0 spiro atoms. The van der Waals surface area contributed by atoms with E-state index >= 15 is 0 Å². The second-order valence-electron chi connectivity index (χ2n) is 5.79. The number of halogens is 1. The minimum Gasteiger partial charge on any atom is -0.323 e. The van der Waals surface area contributed by atoms with Crippen LogP contribution < -0.4 is 5.73 Å². The third-order valence-electron chi connectivity index (χ3n) is 4.23. The maximum atomic E-state index is 6.34. The van der Waals surface area contributed by atoms with Crippen LogP contribution in [0.5, 0.6) is 0 Å². The Bertz CT molecular complexity index is 383. The zero-order valence-electron chi connectivity index (χ0n) is 11.9. The summed E-state index contributed by atoms with van der Waals surface area (Å²) >= 11 is 6.23. The molecular formula is C15H26ClN3. The van der Waals surface area contributed by atoms with Gasteiger partial charge in [0.05, 0.1) is 16.9 Å². The van der Waals surface area contributed by atoms with E-state index < -0.39 is 0 Å². The molecule has 1 fully saturated rings. The molecule has 108 valence electrons. The van der Waals surface area contributed by atoms with Gasteiger partial charge in [-0.05, 0) is 25.2 Å².